The zero-order valence-electron chi connectivity index (χ0n) is 11.8. The minimum absolute atomic E-state index is 0.0438. The molecule has 3 N–H and O–H groups in total. The van der Waals surface area contributed by atoms with Gasteiger partial charge in [-0.15, -0.1) is 11.8 Å². The minimum Gasteiger partial charge on any atom is -0.395 e. The van der Waals surface area contributed by atoms with E-state index in [1.54, 1.807) is 11.8 Å². The van der Waals surface area contributed by atoms with E-state index in [1.165, 1.54) is 10.5 Å². The van der Waals surface area contributed by atoms with E-state index in [0.29, 0.717) is 0 Å². The molecule has 0 aliphatic carbocycles. The molecule has 0 fully saturated rings. The van der Waals surface area contributed by atoms with E-state index in [9.17, 15) is 5.11 Å². The van der Waals surface area contributed by atoms with Gasteiger partial charge in [-0.2, -0.15) is 0 Å². The summed E-state index contributed by atoms with van der Waals surface area (Å²) in [6.07, 6.45) is 0.887. The molecule has 0 saturated carbocycles. The molecule has 0 saturated heterocycles. The van der Waals surface area contributed by atoms with E-state index < -0.39 is 0 Å². The van der Waals surface area contributed by atoms with E-state index in [1.807, 2.05) is 0 Å². The van der Waals surface area contributed by atoms with E-state index in [0.717, 1.165) is 6.42 Å². The second kappa shape index (κ2) is 6.60. The van der Waals surface area contributed by atoms with Crippen molar-refractivity contribution in [2.24, 2.45) is 5.73 Å². The molecule has 102 valence electrons. The number of hydrogen-bond donors (Lipinski definition) is 2. The van der Waals surface area contributed by atoms with Crippen molar-refractivity contribution in [3.8, 4) is 0 Å². The Labute approximate surface area is 115 Å². The SMILES string of the molecule is CCC(N)C(CO)Sc1ccc(C(C)(C)C)cc1. The molecule has 2 nitrogen and oxygen atoms in total. The first-order valence-electron chi connectivity index (χ1n) is 6.52. The molecule has 0 aliphatic rings. The first-order valence-corrected chi connectivity index (χ1v) is 7.40. The van der Waals surface area contributed by atoms with Gasteiger partial charge in [-0.05, 0) is 29.5 Å². The zero-order chi connectivity index (χ0) is 13.8. The fraction of sp³-hybridized carbons (Fsp3) is 0.600. The molecule has 0 bridgehead atoms. The van der Waals surface area contributed by atoms with E-state index in [2.05, 4.69) is 52.0 Å². The predicted molar refractivity (Wildman–Crippen MR) is 80.1 cm³/mol. The Hall–Kier alpha value is -0.510. The lowest BCUT2D eigenvalue weighted by Crippen LogP contribution is -2.34. The Balaban J connectivity index is 2.74. The lowest BCUT2D eigenvalue weighted by Gasteiger charge is -2.22. The van der Waals surface area contributed by atoms with Gasteiger partial charge in [-0.1, -0.05) is 39.8 Å². The van der Waals surface area contributed by atoms with Gasteiger partial charge in [0.2, 0.25) is 0 Å². The van der Waals surface area contributed by atoms with Gasteiger partial charge in [0.15, 0.2) is 0 Å². The van der Waals surface area contributed by atoms with Gasteiger partial charge >= 0.3 is 0 Å². The number of nitrogens with two attached hydrogens (primary N) is 1. The van der Waals surface area contributed by atoms with Gasteiger partial charge in [-0.3, -0.25) is 0 Å². The second-order valence-electron chi connectivity index (χ2n) is 5.69. The number of hydrogen-bond acceptors (Lipinski definition) is 3. The van der Waals surface area contributed by atoms with E-state index in [-0.39, 0.29) is 23.3 Å². The molecule has 0 spiro atoms. The van der Waals surface area contributed by atoms with Crippen LogP contribution in [-0.4, -0.2) is 23.0 Å². The summed E-state index contributed by atoms with van der Waals surface area (Å²) in [4.78, 5) is 1.17. The van der Waals surface area contributed by atoms with Crippen molar-refractivity contribution in [1.82, 2.24) is 0 Å². The normalized spacial score (nSPS) is 15.4. The second-order valence-corrected chi connectivity index (χ2v) is 7.00. The standard InChI is InChI=1S/C15H25NOS/c1-5-13(16)14(10-17)18-12-8-6-11(7-9-12)15(2,3)4/h6-9,13-14,17H,5,10,16H2,1-4H3. The monoisotopic (exact) mass is 267 g/mol. The largest absolute Gasteiger partial charge is 0.395 e. The van der Waals surface area contributed by atoms with Crippen LogP contribution in [-0.2, 0) is 5.41 Å². The summed E-state index contributed by atoms with van der Waals surface area (Å²) < 4.78 is 0. The average Bonchev–Trinajstić information content (AvgIpc) is 2.34. The number of rotatable bonds is 5. The molecule has 1 rings (SSSR count). The predicted octanol–water partition coefficient (Wildman–Crippen LogP) is 3.17. The van der Waals surface area contributed by atoms with Gasteiger partial charge in [0.05, 0.1) is 6.61 Å². The van der Waals surface area contributed by atoms with E-state index in [4.69, 9.17) is 5.73 Å². The molecule has 18 heavy (non-hydrogen) atoms. The molecule has 1 aromatic carbocycles. The highest BCUT2D eigenvalue weighted by molar-refractivity contribution is 8.00. The van der Waals surface area contributed by atoms with Gasteiger partial charge in [0, 0.05) is 16.2 Å². The number of benzene rings is 1. The van der Waals surface area contributed by atoms with Gasteiger partial charge in [0.1, 0.15) is 0 Å². The van der Waals surface area contributed by atoms with Crippen LogP contribution in [0.2, 0.25) is 0 Å². The van der Waals surface area contributed by atoms with Crippen molar-refractivity contribution in [3.05, 3.63) is 29.8 Å². The number of thioether (sulfide) groups is 1. The van der Waals surface area contributed by atoms with Crippen LogP contribution in [0.25, 0.3) is 0 Å². The number of aliphatic hydroxyl groups excluding tert-OH is 1. The van der Waals surface area contributed by atoms with Crippen molar-refractivity contribution < 1.29 is 5.11 Å². The van der Waals surface area contributed by atoms with E-state index >= 15 is 0 Å². The maximum atomic E-state index is 9.37. The fourth-order valence-electron chi connectivity index (χ4n) is 1.73. The lowest BCUT2D eigenvalue weighted by molar-refractivity contribution is 0.281. The third-order valence-electron chi connectivity index (χ3n) is 3.14. The van der Waals surface area contributed by atoms with Crippen molar-refractivity contribution in [3.63, 3.8) is 0 Å². The van der Waals surface area contributed by atoms with Crippen LogP contribution in [0, 0.1) is 0 Å². The fourth-order valence-corrected chi connectivity index (χ4v) is 2.82. The summed E-state index contributed by atoms with van der Waals surface area (Å²) >= 11 is 1.67. The molecule has 3 heteroatoms. The van der Waals surface area contributed by atoms with Gasteiger partial charge in [0.25, 0.3) is 0 Å². The van der Waals surface area contributed by atoms with Crippen molar-refractivity contribution in [1.29, 1.82) is 0 Å². The van der Waals surface area contributed by atoms with Crippen LogP contribution >= 0.6 is 11.8 Å². The summed E-state index contributed by atoms with van der Waals surface area (Å²) in [5, 5.41) is 9.45. The molecule has 0 amide bonds. The first kappa shape index (κ1) is 15.5. The third-order valence-corrected chi connectivity index (χ3v) is 4.48. The van der Waals surface area contributed by atoms with Crippen molar-refractivity contribution in [2.45, 2.75) is 55.7 Å². The highest BCUT2D eigenvalue weighted by Crippen LogP contribution is 2.29. The molecule has 2 unspecified atom stereocenters. The Morgan fingerprint density at radius 2 is 1.78 bits per heavy atom. The van der Waals surface area contributed by atoms with Crippen molar-refractivity contribution in [2.75, 3.05) is 6.61 Å². The van der Waals surface area contributed by atoms with Crippen LogP contribution in [0.1, 0.15) is 39.7 Å². The smallest absolute Gasteiger partial charge is 0.0568 e. The molecule has 0 aromatic heterocycles. The summed E-state index contributed by atoms with van der Waals surface area (Å²) in [6.45, 7) is 8.80. The highest BCUT2D eigenvalue weighted by atomic mass is 32.2. The Morgan fingerprint density at radius 1 is 1.22 bits per heavy atom. The summed E-state index contributed by atoms with van der Waals surface area (Å²) in [5.74, 6) is 0. The van der Waals surface area contributed by atoms with Crippen LogP contribution in [0.4, 0.5) is 0 Å². The first-order chi connectivity index (χ1) is 8.38. The maximum Gasteiger partial charge on any atom is 0.0568 e. The molecule has 2 atom stereocenters. The van der Waals surface area contributed by atoms with Crippen LogP contribution in [0.15, 0.2) is 29.2 Å². The summed E-state index contributed by atoms with van der Waals surface area (Å²) in [7, 11) is 0. The maximum absolute atomic E-state index is 9.37. The third kappa shape index (κ3) is 4.30. The summed E-state index contributed by atoms with van der Waals surface area (Å²) in [5.41, 5.74) is 7.50. The van der Waals surface area contributed by atoms with Crippen molar-refractivity contribution >= 4 is 11.8 Å². The Kier molecular flexibility index (Phi) is 5.70. The highest BCUT2D eigenvalue weighted by Gasteiger charge is 2.17. The topological polar surface area (TPSA) is 46.2 Å². The minimum atomic E-state index is 0.0438. The van der Waals surface area contributed by atoms with Gasteiger partial charge in [-0.25, -0.2) is 0 Å². The Bertz CT molecular complexity index is 356. The molecule has 0 radical (unpaired) electrons. The molecular weight excluding hydrogens is 242 g/mol. The lowest BCUT2D eigenvalue weighted by atomic mass is 9.87. The van der Waals surface area contributed by atoms with Gasteiger partial charge < -0.3 is 10.8 Å². The quantitative estimate of drug-likeness (QED) is 0.806. The zero-order valence-corrected chi connectivity index (χ0v) is 12.6. The van der Waals surface area contributed by atoms with Crippen LogP contribution in [0.3, 0.4) is 0 Å². The Morgan fingerprint density at radius 3 is 2.17 bits per heavy atom. The van der Waals surface area contributed by atoms with Crippen LogP contribution < -0.4 is 5.73 Å². The summed E-state index contributed by atoms with van der Waals surface area (Å²) in [6, 6.07) is 8.61. The molecule has 1 aromatic rings. The molecule has 0 aliphatic heterocycles. The average molecular weight is 267 g/mol. The van der Waals surface area contributed by atoms with Crippen LogP contribution in [0.5, 0.6) is 0 Å². The number of aliphatic hydroxyl groups is 1. The molecular formula is C15H25NOS. The molecule has 0 heterocycles.